The van der Waals surface area contributed by atoms with Crippen LogP contribution in [0.2, 0.25) is 0 Å². The SMILES string of the molecule is C[C@@H]1OCCN(C(=O)C(=O)Nc2cccc3[nH]ccc23)[C@H]1C. The number of carbonyl (C=O) groups is 2. The molecule has 116 valence electrons. The Morgan fingerprint density at radius 1 is 1.32 bits per heavy atom. The topological polar surface area (TPSA) is 74.4 Å². The summed E-state index contributed by atoms with van der Waals surface area (Å²) < 4.78 is 5.49. The fourth-order valence-corrected chi connectivity index (χ4v) is 2.72. The first-order valence-corrected chi connectivity index (χ1v) is 7.37. The van der Waals surface area contributed by atoms with Gasteiger partial charge in [-0.1, -0.05) is 6.07 Å². The summed E-state index contributed by atoms with van der Waals surface area (Å²) in [6, 6.07) is 7.29. The van der Waals surface area contributed by atoms with E-state index in [1.165, 1.54) is 0 Å². The second kappa shape index (κ2) is 5.81. The lowest BCUT2D eigenvalue weighted by molar-refractivity contribution is -0.152. The van der Waals surface area contributed by atoms with E-state index in [4.69, 9.17) is 4.74 Å². The van der Waals surface area contributed by atoms with Gasteiger partial charge in [-0.05, 0) is 32.0 Å². The number of rotatable bonds is 1. The third-order valence-electron chi connectivity index (χ3n) is 4.18. The van der Waals surface area contributed by atoms with Crippen molar-refractivity contribution in [3.8, 4) is 0 Å². The Kier molecular flexibility index (Phi) is 3.85. The molecule has 0 saturated carbocycles. The van der Waals surface area contributed by atoms with Crippen LogP contribution in [-0.2, 0) is 14.3 Å². The van der Waals surface area contributed by atoms with Gasteiger partial charge in [0.15, 0.2) is 0 Å². The van der Waals surface area contributed by atoms with E-state index in [0.717, 1.165) is 10.9 Å². The predicted molar refractivity (Wildman–Crippen MR) is 83.5 cm³/mol. The van der Waals surface area contributed by atoms with Crippen molar-refractivity contribution in [1.29, 1.82) is 0 Å². The number of amides is 2. The van der Waals surface area contributed by atoms with Gasteiger partial charge in [0, 0.05) is 23.6 Å². The molecule has 0 unspecified atom stereocenters. The van der Waals surface area contributed by atoms with E-state index in [-0.39, 0.29) is 12.1 Å². The average Bonchev–Trinajstić information content (AvgIpc) is 2.99. The molecule has 0 aliphatic carbocycles. The maximum absolute atomic E-state index is 12.4. The lowest BCUT2D eigenvalue weighted by Gasteiger charge is -2.37. The Balaban J connectivity index is 1.76. The molecule has 1 aromatic carbocycles. The normalized spacial score (nSPS) is 21.8. The van der Waals surface area contributed by atoms with Crippen LogP contribution in [0.4, 0.5) is 5.69 Å². The number of morpholine rings is 1. The standard InChI is InChI=1S/C16H19N3O3/c1-10-11(2)22-9-8-19(10)16(21)15(20)18-14-5-3-4-13-12(14)6-7-17-13/h3-7,10-11,17H,8-9H2,1-2H3,(H,18,20)/t10-,11-/m0/s1. The van der Waals surface area contributed by atoms with Gasteiger partial charge in [-0.2, -0.15) is 0 Å². The molecule has 1 aliphatic heterocycles. The molecule has 1 fully saturated rings. The van der Waals surface area contributed by atoms with Crippen LogP contribution in [0.1, 0.15) is 13.8 Å². The second-order valence-corrected chi connectivity index (χ2v) is 5.51. The summed E-state index contributed by atoms with van der Waals surface area (Å²) in [4.78, 5) is 29.3. The number of hydrogen-bond acceptors (Lipinski definition) is 3. The molecular weight excluding hydrogens is 282 g/mol. The third kappa shape index (κ3) is 2.57. The van der Waals surface area contributed by atoms with Crippen molar-refractivity contribution in [3.63, 3.8) is 0 Å². The summed E-state index contributed by atoms with van der Waals surface area (Å²) in [5, 5.41) is 3.59. The molecule has 2 amide bonds. The van der Waals surface area contributed by atoms with Crippen molar-refractivity contribution >= 4 is 28.4 Å². The Morgan fingerprint density at radius 2 is 2.14 bits per heavy atom. The number of ether oxygens (including phenoxy) is 1. The third-order valence-corrected chi connectivity index (χ3v) is 4.18. The van der Waals surface area contributed by atoms with Crippen molar-refractivity contribution in [3.05, 3.63) is 30.5 Å². The van der Waals surface area contributed by atoms with E-state index in [2.05, 4.69) is 10.3 Å². The molecule has 1 aromatic heterocycles. The molecule has 0 radical (unpaired) electrons. The Morgan fingerprint density at radius 3 is 2.95 bits per heavy atom. The highest BCUT2D eigenvalue weighted by Gasteiger charge is 2.32. The maximum atomic E-state index is 12.4. The van der Waals surface area contributed by atoms with Crippen LogP contribution in [-0.4, -0.2) is 47.0 Å². The lowest BCUT2D eigenvalue weighted by atomic mass is 10.1. The van der Waals surface area contributed by atoms with E-state index in [1.54, 1.807) is 17.2 Å². The average molecular weight is 301 g/mol. The number of aromatic amines is 1. The van der Waals surface area contributed by atoms with E-state index in [9.17, 15) is 9.59 Å². The summed E-state index contributed by atoms with van der Waals surface area (Å²) in [5.74, 6) is -1.13. The summed E-state index contributed by atoms with van der Waals surface area (Å²) in [7, 11) is 0. The van der Waals surface area contributed by atoms with E-state index in [1.807, 2.05) is 32.0 Å². The molecule has 3 rings (SSSR count). The fourth-order valence-electron chi connectivity index (χ4n) is 2.72. The van der Waals surface area contributed by atoms with Crippen LogP contribution in [0.5, 0.6) is 0 Å². The first-order chi connectivity index (χ1) is 10.6. The maximum Gasteiger partial charge on any atom is 0.313 e. The van der Waals surface area contributed by atoms with Crippen molar-refractivity contribution in [2.24, 2.45) is 0 Å². The minimum Gasteiger partial charge on any atom is -0.375 e. The van der Waals surface area contributed by atoms with Gasteiger partial charge in [-0.25, -0.2) is 0 Å². The van der Waals surface area contributed by atoms with Crippen LogP contribution in [0.15, 0.2) is 30.5 Å². The monoisotopic (exact) mass is 301 g/mol. The van der Waals surface area contributed by atoms with Crippen LogP contribution in [0.3, 0.4) is 0 Å². The highest BCUT2D eigenvalue weighted by atomic mass is 16.5. The fraction of sp³-hybridized carbons (Fsp3) is 0.375. The Hall–Kier alpha value is -2.34. The highest BCUT2D eigenvalue weighted by Crippen LogP contribution is 2.22. The van der Waals surface area contributed by atoms with Crippen LogP contribution >= 0.6 is 0 Å². The molecule has 0 bridgehead atoms. The molecular formula is C16H19N3O3. The number of carbonyl (C=O) groups excluding carboxylic acids is 2. The predicted octanol–water partition coefficient (Wildman–Crippen LogP) is 1.74. The lowest BCUT2D eigenvalue weighted by Crippen LogP contribution is -2.54. The number of aromatic nitrogens is 1. The Bertz CT molecular complexity index is 709. The van der Waals surface area contributed by atoms with Crippen LogP contribution < -0.4 is 5.32 Å². The van der Waals surface area contributed by atoms with E-state index >= 15 is 0 Å². The molecule has 1 aliphatic rings. The van der Waals surface area contributed by atoms with Gasteiger partial charge >= 0.3 is 11.8 Å². The number of H-pyrrole nitrogens is 1. The van der Waals surface area contributed by atoms with Gasteiger partial charge in [0.1, 0.15) is 0 Å². The smallest absolute Gasteiger partial charge is 0.313 e. The molecule has 6 heteroatoms. The van der Waals surface area contributed by atoms with Gasteiger partial charge in [-0.15, -0.1) is 0 Å². The van der Waals surface area contributed by atoms with Crippen LogP contribution in [0, 0.1) is 0 Å². The van der Waals surface area contributed by atoms with Gasteiger partial charge in [0.25, 0.3) is 0 Å². The van der Waals surface area contributed by atoms with Gasteiger partial charge < -0.3 is 19.9 Å². The number of hydrogen-bond donors (Lipinski definition) is 2. The molecule has 0 spiro atoms. The molecule has 22 heavy (non-hydrogen) atoms. The summed E-state index contributed by atoms with van der Waals surface area (Å²) in [6.45, 7) is 4.69. The Labute approximate surface area is 128 Å². The molecule has 2 N–H and O–H groups in total. The molecule has 6 nitrogen and oxygen atoms in total. The first kappa shape index (κ1) is 14.6. The van der Waals surface area contributed by atoms with Crippen LogP contribution in [0.25, 0.3) is 10.9 Å². The zero-order valence-electron chi connectivity index (χ0n) is 12.6. The van der Waals surface area contributed by atoms with Gasteiger partial charge in [0.05, 0.1) is 24.4 Å². The first-order valence-electron chi connectivity index (χ1n) is 7.37. The number of nitrogens with zero attached hydrogens (tertiary/aromatic N) is 1. The number of fused-ring (bicyclic) bond motifs is 1. The van der Waals surface area contributed by atoms with Gasteiger partial charge in [-0.3, -0.25) is 9.59 Å². The second-order valence-electron chi connectivity index (χ2n) is 5.51. The summed E-state index contributed by atoms with van der Waals surface area (Å²) in [6.07, 6.45) is 1.73. The molecule has 2 aromatic rings. The number of nitrogens with one attached hydrogen (secondary N) is 2. The zero-order valence-corrected chi connectivity index (χ0v) is 12.6. The minimum absolute atomic E-state index is 0.0707. The molecule has 2 atom stereocenters. The zero-order chi connectivity index (χ0) is 15.7. The van der Waals surface area contributed by atoms with Crippen molar-refractivity contribution < 1.29 is 14.3 Å². The number of anilines is 1. The molecule has 2 heterocycles. The van der Waals surface area contributed by atoms with Gasteiger partial charge in [0.2, 0.25) is 0 Å². The quantitative estimate of drug-likeness (QED) is 0.788. The van der Waals surface area contributed by atoms with E-state index in [0.29, 0.717) is 18.8 Å². The minimum atomic E-state index is -0.616. The summed E-state index contributed by atoms with van der Waals surface area (Å²) in [5.41, 5.74) is 1.55. The summed E-state index contributed by atoms with van der Waals surface area (Å²) >= 11 is 0. The number of benzene rings is 1. The van der Waals surface area contributed by atoms with Crippen molar-refractivity contribution in [1.82, 2.24) is 9.88 Å². The largest absolute Gasteiger partial charge is 0.375 e. The highest BCUT2D eigenvalue weighted by molar-refractivity contribution is 6.40. The molecule has 1 saturated heterocycles. The van der Waals surface area contributed by atoms with Crippen molar-refractivity contribution in [2.45, 2.75) is 26.0 Å². The van der Waals surface area contributed by atoms with E-state index < -0.39 is 11.8 Å². The van der Waals surface area contributed by atoms with Crippen molar-refractivity contribution in [2.75, 3.05) is 18.5 Å².